The predicted molar refractivity (Wildman–Crippen MR) is 102 cm³/mol. The predicted octanol–water partition coefficient (Wildman–Crippen LogP) is 1.72. The van der Waals surface area contributed by atoms with E-state index in [0.717, 1.165) is 12.1 Å². The Balaban J connectivity index is 1.59. The third-order valence-corrected chi connectivity index (χ3v) is 5.10. The molecule has 1 aliphatic rings. The first kappa shape index (κ1) is 21.7. The second-order valence-electron chi connectivity index (χ2n) is 6.94. The lowest BCUT2D eigenvalue weighted by atomic mass is 10.1. The van der Waals surface area contributed by atoms with Gasteiger partial charge in [-0.2, -0.15) is 23.1 Å². The van der Waals surface area contributed by atoms with Gasteiger partial charge in [0, 0.05) is 6.54 Å². The maximum absolute atomic E-state index is 12.7. The van der Waals surface area contributed by atoms with Gasteiger partial charge in [0.1, 0.15) is 18.3 Å². The van der Waals surface area contributed by atoms with E-state index in [1.54, 1.807) is 0 Å². The van der Waals surface area contributed by atoms with Gasteiger partial charge < -0.3 is 25.4 Å². The van der Waals surface area contributed by atoms with Crippen molar-refractivity contribution in [2.75, 3.05) is 11.9 Å². The largest absolute Gasteiger partial charge is 0.416 e. The molecule has 13 heteroatoms. The number of hydrogen-bond acceptors (Lipinski definition) is 8. The summed E-state index contributed by atoms with van der Waals surface area (Å²) in [5, 5.41) is 32.3. The number of aliphatic hydroxyl groups is 3. The van der Waals surface area contributed by atoms with Crippen molar-refractivity contribution in [1.82, 2.24) is 19.5 Å². The van der Waals surface area contributed by atoms with E-state index in [9.17, 15) is 28.5 Å². The van der Waals surface area contributed by atoms with Crippen LogP contribution in [0.25, 0.3) is 11.2 Å². The first-order valence-corrected chi connectivity index (χ1v) is 9.49. The van der Waals surface area contributed by atoms with E-state index in [1.165, 1.54) is 23.0 Å². The van der Waals surface area contributed by atoms with Crippen LogP contribution in [0.1, 0.15) is 17.4 Å². The lowest BCUT2D eigenvalue weighted by molar-refractivity contribution is -0.137. The first-order valence-electron chi connectivity index (χ1n) is 9.11. The maximum Gasteiger partial charge on any atom is 0.416 e. The molecule has 0 radical (unpaired) electrons. The molecular weight excluding hydrogens is 443 g/mol. The van der Waals surface area contributed by atoms with Gasteiger partial charge in [-0.05, 0) is 29.3 Å². The Morgan fingerprint density at radius 2 is 1.84 bits per heavy atom. The Morgan fingerprint density at radius 3 is 2.45 bits per heavy atom. The van der Waals surface area contributed by atoms with Crippen molar-refractivity contribution in [2.45, 2.75) is 37.3 Å². The molecule has 4 rings (SSSR count). The van der Waals surface area contributed by atoms with Crippen molar-refractivity contribution in [3.05, 3.63) is 47.0 Å². The van der Waals surface area contributed by atoms with E-state index in [-0.39, 0.29) is 28.8 Å². The highest BCUT2D eigenvalue weighted by Crippen LogP contribution is 2.33. The van der Waals surface area contributed by atoms with Crippen LogP contribution < -0.4 is 5.32 Å². The number of benzene rings is 1. The van der Waals surface area contributed by atoms with Gasteiger partial charge >= 0.3 is 6.18 Å². The fourth-order valence-corrected chi connectivity index (χ4v) is 3.47. The topological polar surface area (TPSA) is 126 Å². The normalized spacial score (nSPS) is 24.1. The average Bonchev–Trinajstić information content (AvgIpc) is 3.27. The van der Waals surface area contributed by atoms with Crippen molar-refractivity contribution < 1.29 is 33.2 Å². The van der Waals surface area contributed by atoms with Crippen LogP contribution in [-0.2, 0) is 17.5 Å². The summed E-state index contributed by atoms with van der Waals surface area (Å²) in [6.45, 7) is -0.349. The van der Waals surface area contributed by atoms with Crippen molar-refractivity contribution >= 4 is 28.6 Å². The van der Waals surface area contributed by atoms with E-state index in [0.29, 0.717) is 5.56 Å². The smallest absolute Gasteiger partial charge is 0.394 e. The lowest BCUT2D eigenvalue weighted by Crippen LogP contribution is -2.33. The second kappa shape index (κ2) is 8.20. The van der Waals surface area contributed by atoms with Crippen molar-refractivity contribution in [2.24, 2.45) is 0 Å². The van der Waals surface area contributed by atoms with Gasteiger partial charge in [-0.15, -0.1) is 0 Å². The molecule has 1 aromatic carbocycles. The van der Waals surface area contributed by atoms with Gasteiger partial charge in [0.25, 0.3) is 0 Å². The van der Waals surface area contributed by atoms with Crippen molar-refractivity contribution in [3.8, 4) is 0 Å². The first-order chi connectivity index (χ1) is 14.7. The van der Waals surface area contributed by atoms with Gasteiger partial charge in [-0.3, -0.25) is 4.57 Å². The molecule has 166 valence electrons. The van der Waals surface area contributed by atoms with Gasteiger partial charge in [-0.1, -0.05) is 12.1 Å². The van der Waals surface area contributed by atoms with Crippen LogP contribution in [0.5, 0.6) is 0 Å². The van der Waals surface area contributed by atoms with Crippen LogP contribution in [0.2, 0.25) is 5.28 Å². The van der Waals surface area contributed by atoms with Crippen LogP contribution in [0.3, 0.4) is 0 Å². The number of halogens is 4. The molecule has 1 fully saturated rings. The number of anilines is 1. The second-order valence-corrected chi connectivity index (χ2v) is 7.28. The minimum atomic E-state index is -4.42. The number of ether oxygens (including phenoxy) is 1. The van der Waals surface area contributed by atoms with Gasteiger partial charge in [-0.25, -0.2) is 4.98 Å². The lowest BCUT2D eigenvalue weighted by Gasteiger charge is -2.16. The molecule has 9 nitrogen and oxygen atoms in total. The number of imidazole rings is 1. The zero-order valence-electron chi connectivity index (χ0n) is 15.7. The number of aromatic nitrogens is 4. The molecule has 0 saturated carbocycles. The summed E-state index contributed by atoms with van der Waals surface area (Å²) in [7, 11) is 0. The molecule has 4 N–H and O–H groups in total. The van der Waals surface area contributed by atoms with Crippen LogP contribution in [-0.4, -0.2) is 59.8 Å². The molecule has 3 heterocycles. The molecule has 4 atom stereocenters. The Morgan fingerprint density at radius 1 is 1.13 bits per heavy atom. The fourth-order valence-electron chi connectivity index (χ4n) is 3.31. The van der Waals surface area contributed by atoms with E-state index in [4.69, 9.17) is 16.3 Å². The molecule has 1 unspecified atom stereocenters. The molecule has 0 amide bonds. The zero-order chi connectivity index (χ0) is 22.3. The molecular formula is C18H17ClF3N5O4. The standard InChI is InChI=1S/C18H17ClF3N5O4/c19-17-25-14(23-5-8-1-3-9(4-2-8)18(20,21)22)11-15(26-17)27(7-24-11)16-13(30)12(29)10(6-28)31-16/h1-4,7,10,12-13,16,28-30H,5-6H2,(H,23,25,26)/t10-,12+,13?,16-/m1/s1. The highest BCUT2D eigenvalue weighted by Gasteiger charge is 2.44. The fraction of sp³-hybridized carbons (Fsp3) is 0.389. The van der Waals surface area contributed by atoms with E-state index < -0.39 is 42.9 Å². The van der Waals surface area contributed by atoms with Gasteiger partial charge in [0.05, 0.1) is 18.5 Å². The summed E-state index contributed by atoms with van der Waals surface area (Å²) in [6, 6.07) is 4.65. The number of nitrogens with zero attached hydrogens (tertiary/aromatic N) is 4. The minimum Gasteiger partial charge on any atom is -0.394 e. The SMILES string of the molecule is OC[C@H]1O[C@@H](n2cnc3c(NCc4ccc(C(F)(F)F)cc4)nc(Cl)nc32)C(O)[C@H]1O. The quantitative estimate of drug-likeness (QED) is 0.425. The number of alkyl halides is 3. The molecule has 3 aromatic rings. The Bertz CT molecular complexity index is 1080. The van der Waals surface area contributed by atoms with E-state index in [1.807, 2.05) is 0 Å². The van der Waals surface area contributed by atoms with Crippen molar-refractivity contribution in [3.63, 3.8) is 0 Å². The van der Waals surface area contributed by atoms with Crippen LogP contribution >= 0.6 is 11.6 Å². The third-order valence-electron chi connectivity index (χ3n) is 4.93. The summed E-state index contributed by atoms with van der Waals surface area (Å²) >= 11 is 6.01. The summed E-state index contributed by atoms with van der Waals surface area (Å²) in [5.41, 5.74) is 0.290. The Kier molecular flexibility index (Phi) is 5.75. The Labute approximate surface area is 178 Å². The number of fused-ring (bicyclic) bond motifs is 1. The summed E-state index contributed by atoms with van der Waals surface area (Å²) < 4.78 is 45.0. The summed E-state index contributed by atoms with van der Waals surface area (Å²) in [6.07, 6.45) is -7.79. The number of aliphatic hydroxyl groups excluding tert-OH is 3. The van der Waals surface area contributed by atoms with Gasteiger partial charge in [0.2, 0.25) is 5.28 Å². The molecule has 1 aliphatic heterocycles. The maximum atomic E-state index is 12.7. The van der Waals surface area contributed by atoms with E-state index >= 15 is 0 Å². The van der Waals surface area contributed by atoms with Crippen LogP contribution in [0.15, 0.2) is 30.6 Å². The molecule has 1 saturated heterocycles. The summed E-state index contributed by atoms with van der Waals surface area (Å²) in [5.74, 6) is 0.223. The minimum absolute atomic E-state index is 0.140. The van der Waals surface area contributed by atoms with Gasteiger partial charge in [0.15, 0.2) is 23.2 Å². The molecule has 2 aromatic heterocycles. The third kappa shape index (κ3) is 4.16. The summed E-state index contributed by atoms with van der Waals surface area (Å²) in [4.78, 5) is 12.4. The zero-order valence-corrected chi connectivity index (χ0v) is 16.4. The Hall–Kier alpha value is -2.51. The number of hydrogen-bond donors (Lipinski definition) is 4. The highest BCUT2D eigenvalue weighted by molar-refractivity contribution is 6.28. The van der Waals surface area contributed by atoms with Crippen LogP contribution in [0, 0.1) is 0 Å². The molecule has 0 bridgehead atoms. The van der Waals surface area contributed by atoms with Crippen molar-refractivity contribution in [1.29, 1.82) is 0 Å². The molecule has 0 spiro atoms. The number of nitrogens with one attached hydrogen (secondary N) is 1. The van der Waals surface area contributed by atoms with Crippen LogP contribution in [0.4, 0.5) is 19.0 Å². The highest BCUT2D eigenvalue weighted by atomic mass is 35.5. The van der Waals surface area contributed by atoms with E-state index in [2.05, 4.69) is 20.3 Å². The average molecular weight is 460 g/mol. The molecule has 0 aliphatic carbocycles. The monoisotopic (exact) mass is 459 g/mol. The molecule has 31 heavy (non-hydrogen) atoms. The number of rotatable bonds is 5.